The molecule has 1 aliphatic heterocycles. The number of carbonyl (C=O) groups is 3. The second-order valence-electron chi connectivity index (χ2n) is 7.32. The second-order valence-corrected chi connectivity index (χ2v) is 7.32. The fraction of sp³-hybridized carbons (Fsp3) is 0.409. The molecule has 0 spiro atoms. The molecule has 30 heavy (non-hydrogen) atoms. The number of piperidine rings is 1. The maximum absolute atomic E-state index is 13.0. The molecule has 3 rings (SSSR count). The van der Waals surface area contributed by atoms with E-state index >= 15 is 0 Å². The van der Waals surface area contributed by atoms with Crippen molar-refractivity contribution in [3.8, 4) is 5.75 Å². The molecule has 2 heterocycles. The van der Waals surface area contributed by atoms with Crippen LogP contribution in [-0.2, 0) is 16.1 Å². The van der Waals surface area contributed by atoms with Gasteiger partial charge in [0.15, 0.2) is 0 Å². The van der Waals surface area contributed by atoms with Crippen LogP contribution in [0.3, 0.4) is 0 Å². The molecule has 1 unspecified atom stereocenters. The topological polar surface area (TPSA) is 101 Å². The van der Waals surface area contributed by atoms with Crippen molar-refractivity contribution in [3.05, 3.63) is 54.0 Å². The van der Waals surface area contributed by atoms with Crippen LogP contribution in [-0.4, -0.2) is 48.9 Å². The summed E-state index contributed by atoms with van der Waals surface area (Å²) in [6.45, 7) is 2.91. The van der Waals surface area contributed by atoms with Gasteiger partial charge in [-0.15, -0.1) is 0 Å². The highest BCUT2D eigenvalue weighted by atomic mass is 16.5. The Balaban J connectivity index is 1.71. The van der Waals surface area contributed by atoms with Crippen molar-refractivity contribution in [3.63, 3.8) is 0 Å². The maximum atomic E-state index is 13.0. The minimum Gasteiger partial charge on any atom is -0.497 e. The minimum atomic E-state index is -0.715. The van der Waals surface area contributed by atoms with E-state index in [1.54, 1.807) is 54.5 Å². The Labute approximate surface area is 175 Å². The van der Waals surface area contributed by atoms with E-state index in [4.69, 9.17) is 9.15 Å². The molecule has 2 aromatic rings. The van der Waals surface area contributed by atoms with Crippen molar-refractivity contribution in [1.29, 1.82) is 0 Å². The number of likely N-dealkylation sites (tertiary alicyclic amines) is 1. The van der Waals surface area contributed by atoms with Gasteiger partial charge < -0.3 is 24.7 Å². The second kappa shape index (κ2) is 9.96. The number of hydrogen-bond donors (Lipinski definition) is 2. The highest BCUT2D eigenvalue weighted by Gasteiger charge is 2.33. The van der Waals surface area contributed by atoms with E-state index in [2.05, 4.69) is 10.6 Å². The summed E-state index contributed by atoms with van der Waals surface area (Å²) in [6, 6.07) is 9.59. The lowest BCUT2D eigenvalue weighted by atomic mass is 9.88. The first-order valence-electron chi connectivity index (χ1n) is 9.98. The van der Waals surface area contributed by atoms with Crippen molar-refractivity contribution >= 4 is 17.7 Å². The molecule has 0 radical (unpaired) electrons. The summed E-state index contributed by atoms with van der Waals surface area (Å²) < 4.78 is 10.4. The molecule has 3 amide bonds. The number of ether oxygens (including phenoxy) is 1. The van der Waals surface area contributed by atoms with E-state index in [0.717, 1.165) is 0 Å². The van der Waals surface area contributed by atoms with Gasteiger partial charge >= 0.3 is 0 Å². The zero-order valence-electron chi connectivity index (χ0n) is 17.2. The van der Waals surface area contributed by atoms with E-state index < -0.39 is 6.04 Å². The fourth-order valence-electron chi connectivity index (χ4n) is 3.63. The van der Waals surface area contributed by atoms with E-state index in [1.165, 1.54) is 7.11 Å². The largest absolute Gasteiger partial charge is 0.497 e. The summed E-state index contributed by atoms with van der Waals surface area (Å²) in [7, 11) is 1.53. The Morgan fingerprint density at radius 2 is 1.97 bits per heavy atom. The van der Waals surface area contributed by atoms with Gasteiger partial charge in [-0.1, -0.05) is 6.07 Å². The van der Waals surface area contributed by atoms with Crippen LogP contribution in [0.2, 0.25) is 0 Å². The Bertz CT molecular complexity index is 873. The summed E-state index contributed by atoms with van der Waals surface area (Å²) in [5.41, 5.74) is 0.416. The van der Waals surface area contributed by atoms with E-state index in [9.17, 15) is 14.4 Å². The van der Waals surface area contributed by atoms with Crippen LogP contribution in [0, 0.1) is 5.92 Å². The molecule has 8 heteroatoms. The molecule has 8 nitrogen and oxygen atoms in total. The first-order valence-corrected chi connectivity index (χ1v) is 9.98. The first kappa shape index (κ1) is 21.4. The van der Waals surface area contributed by atoms with Crippen molar-refractivity contribution in [2.75, 3.05) is 20.2 Å². The minimum absolute atomic E-state index is 0.0210. The molecule has 1 saturated heterocycles. The lowest BCUT2D eigenvalue weighted by Gasteiger charge is -2.35. The summed E-state index contributed by atoms with van der Waals surface area (Å²) >= 11 is 0. The quantitative estimate of drug-likeness (QED) is 0.723. The van der Waals surface area contributed by atoms with Gasteiger partial charge in [-0.05, 0) is 49.1 Å². The van der Waals surface area contributed by atoms with Crippen LogP contribution in [0.4, 0.5) is 0 Å². The summed E-state index contributed by atoms with van der Waals surface area (Å²) in [6.07, 6.45) is 2.81. The monoisotopic (exact) mass is 413 g/mol. The van der Waals surface area contributed by atoms with Gasteiger partial charge in [0, 0.05) is 25.6 Å². The van der Waals surface area contributed by atoms with Gasteiger partial charge in [-0.25, -0.2) is 0 Å². The average molecular weight is 413 g/mol. The number of amides is 3. The molecule has 1 atom stereocenters. The van der Waals surface area contributed by atoms with Crippen molar-refractivity contribution in [1.82, 2.24) is 15.5 Å². The molecule has 1 aliphatic rings. The maximum Gasteiger partial charge on any atom is 0.252 e. The number of nitrogens with one attached hydrogen (secondary N) is 2. The molecule has 2 N–H and O–H groups in total. The normalized spacial score (nSPS) is 15.3. The van der Waals surface area contributed by atoms with Crippen LogP contribution < -0.4 is 15.4 Å². The Morgan fingerprint density at radius 1 is 1.20 bits per heavy atom. The first-order chi connectivity index (χ1) is 14.5. The van der Waals surface area contributed by atoms with Crippen LogP contribution in [0.1, 0.15) is 35.9 Å². The van der Waals surface area contributed by atoms with Gasteiger partial charge in [0.2, 0.25) is 11.8 Å². The smallest absolute Gasteiger partial charge is 0.252 e. The summed E-state index contributed by atoms with van der Waals surface area (Å²) in [5.74, 6) is 0.522. The highest BCUT2D eigenvalue weighted by molar-refractivity contribution is 5.98. The van der Waals surface area contributed by atoms with E-state index in [1.807, 2.05) is 0 Å². The third-order valence-electron chi connectivity index (χ3n) is 5.37. The van der Waals surface area contributed by atoms with E-state index in [-0.39, 0.29) is 30.2 Å². The molecule has 0 aliphatic carbocycles. The third kappa shape index (κ3) is 5.40. The average Bonchev–Trinajstić information content (AvgIpc) is 3.29. The van der Waals surface area contributed by atoms with Crippen molar-refractivity contribution in [2.45, 2.75) is 32.4 Å². The van der Waals surface area contributed by atoms with Gasteiger partial charge in [0.1, 0.15) is 17.6 Å². The lowest BCUT2D eigenvalue weighted by molar-refractivity contribution is -0.130. The van der Waals surface area contributed by atoms with Crippen LogP contribution in [0.25, 0.3) is 0 Å². The zero-order valence-corrected chi connectivity index (χ0v) is 17.2. The van der Waals surface area contributed by atoms with Crippen molar-refractivity contribution in [2.24, 2.45) is 5.92 Å². The number of rotatable bonds is 7. The molecule has 1 fully saturated rings. The standard InChI is InChI=1S/C22H27N3O5/c1-15(26)25-10-8-16(9-11-25)20(22(28)23-14-19-7-4-12-30-19)24-21(27)17-5-3-6-18(13-17)29-2/h3-7,12-13,16,20H,8-11,14H2,1-2H3,(H,23,28)(H,24,27). The van der Waals surface area contributed by atoms with Crippen molar-refractivity contribution < 1.29 is 23.5 Å². The zero-order chi connectivity index (χ0) is 21.5. The number of nitrogens with zero attached hydrogens (tertiary/aromatic N) is 1. The third-order valence-corrected chi connectivity index (χ3v) is 5.37. The van der Waals surface area contributed by atoms with Crippen LogP contribution in [0.5, 0.6) is 5.75 Å². The van der Waals surface area contributed by atoms with Gasteiger partial charge in [0.05, 0.1) is 19.9 Å². The molecule has 0 bridgehead atoms. The molecule has 1 aromatic heterocycles. The number of methoxy groups -OCH3 is 1. The number of carbonyl (C=O) groups excluding carboxylic acids is 3. The summed E-state index contributed by atoms with van der Waals surface area (Å²) in [4.78, 5) is 39.2. The Hall–Kier alpha value is -3.29. The van der Waals surface area contributed by atoms with Gasteiger partial charge in [0.25, 0.3) is 5.91 Å². The molecule has 1 aromatic carbocycles. The lowest BCUT2D eigenvalue weighted by Crippen LogP contribution is -2.53. The predicted octanol–water partition coefficient (Wildman–Crippen LogP) is 1.96. The van der Waals surface area contributed by atoms with Gasteiger partial charge in [-0.3, -0.25) is 14.4 Å². The molecule has 160 valence electrons. The fourth-order valence-corrected chi connectivity index (χ4v) is 3.63. The SMILES string of the molecule is COc1cccc(C(=O)NC(C(=O)NCc2ccco2)C2CCN(C(C)=O)CC2)c1. The van der Waals surface area contributed by atoms with Gasteiger partial charge in [-0.2, -0.15) is 0 Å². The molecule has 0 saturated carbocycles. The van der Waals surface area contributed by atoms with E-state index in [0.29, 0.717) is 43.0 Å². The predicted molar refractivity (Wildman–Crippen MR) is 110 cm³/mol. The summed E-state index contributed by atoms with van der Waals surface area (Å²) in [5, 5.41) is 5.73. The number of furan rings is 1. The highest BCUT2D eigenvalue weighted by Crippen LogP contribution is 2.22. The number of benzene rings is 1. The Kier molecular flexibility index (Phi) is 7.11. The van der Waals surface area contributed by atoms with Crippen LogP contribution >= 0.6 is 0 Å². The molecular formula is C22H27N3O5. The Morgan fingerprint density at radius 3 is 2.60 bits per heavy atom. The number of hydrogen-bond acceptors (Lipinski definition) is 5. The molecular weight excluding hydrogens is 386 g/mol. The van der Waals surface area contributed by atoms with Crippen LogP contribution in [0.15, 0.2) is 47.1 Å².